The maximum atomic E-state index is 12.3. The average Bonchev–Trinajstić information content (AvgIpc) is 3.10. The zero-order valence-corrected chi connectivity index (χ0v) is 16.7. The standard InChI is InChI=1S/C16H26N4O4S.ClH/c1-4-6-10(17)14(22)15(23)18-9-12(21)19-13(16(24)20(2)3)11-7-5-8-25-11;/h5,7-8,10,13-14,22H,4,6,9,17H2,1-3H3,(H,18,23)(H,19,21);1H/t10-,13-,14?;/m0./s1. The van der Waals surface area contributed by atoms with Crippen LogP contribution in [0.4, 0.5) is 0 Å². The molecule has 0 saturated heterocycles. The van der Waals surface area contributed by atoms with Gasteiger partial charge >= 0.3 is 0 Å². The Labute approximate surface area is 163 Å². The number of nitrogens with two attached hydrogens (primary N) is 1. The van der Waals surface area contributed by atoms with Crippen molar-refractivity contribution in [2.24, 2.45) is 5.73 Å². The minimum absolute atomic E-state index is 0. The third-order valence-corrected chi connectivity index (χ3v) is 4.48. The van der Waals surface area contributed by atoms with Crippen molar-refractivity contribution in [2.45, 2.75) is 38.0 Å². The second kappa shape index (κ2) is 11.8. The highest BCUT2D eigenvalue weighted by molar-refractivity contribution is 7.10. The molecule has 1 aromatic rings. The van der Waals surface area contributed by atoms with Crippen LogP contribution in [0.25, 0.3) is 0 Å². The van der Waals surface area contributed by atoms with Gasteiger partial charge in [0.15, 0.2) is 0 Å². The van der Waals surface area contributed by atoms with Crippen LogP contribution in [0, 0.1) is 0 Å². The summed E-state index contributed by atoms with van der Waals surface area (Å²) in [5, 5.41) is 16.5. The number of nitrogens with one attached hydrogen (secondary N) is 2. The first-order chi connectivity index (χ1) is 11.8. The Hall–Kier alpha value is -1.68. The maximum Gasteiger partial charge on any atom is 0.250 e. The van der Waals surface area contributed by atoms with Gasteiger partial charge in [-0.2, -0.15) is 0 Å². The largest absolute Gasteiger partial charge is 0.382 e. The molecule has 0 aliphatic carbocycles. The second-order valence-electron chi connectivity index (χ2n) is 5.86. The first-order valence-corrected chi connectivity index (χ1v) is 8.91. The van der Waals surface area contributed by atoms with Crippen LogP contribution in [0.3, 0.4) is 0 Å². The number of rotatable bonds is 9. The van der Waals surface area contributed by atoms with Gasteiger partial charge in [0.2, 0.25) is 11.8 Å². The van der Waals surface area contributed by atoms with E-state index in [1.165, 1.54) is 16.2 Å². The first kappa shape index (κ1) is 24.3. The van der Waals surface area contributed by atoms with Gasteiger partial charge in [0, 0.05) is 25.0 Å². The molecule has 148 valence electrons. The number of amides is 3. The summed E-state index contributed by atoms with van der Waals surface area (Å²) < 4.78 is 0. The Kier molecular flexibility index (Phi) is 11.1. The van der Waals surface area contributed by atoms with E-state index < -0.39 is 30.0 Å². The molecular weight excluding hydrogens is 380 g/mol. The number of hydrogen-bond acceptors (Lipinski definition) is 6. The van der Waals surface area contributed by atoms with Crippen molar-refractivity contribution in [2.75, 3.05) is 20.6 Å². The number of aliphatic hydroxyl groups is 1. The lowest BCUT2D eigenvalue weighted by Crippen LogP contribution is -2.49. The van der Waals surface area contributed by atoms with E-state index >= 15 is 0 Å². The summed E-state index contributed by atoms with van der Waals surface area (Å²) in [4.78, 5) is 38.3. The molecule has 1 rings (SSSR count). The van der Waals surface area contributed by atoms with Crippen LogP contribution in [0.5, 0.6) is 0 Å². The number of nitrogens with zero attached hydrogens (tertiary/aromatic N) is 1. The van der Waals surface area contributed by atoms with Gasteiger partial charge in [-0.05, 0) is 17.9 Å². The lowest BCUT2D eigenvalue weighted by Gasteiger charge is -2.21. The molecule has 1 aromatic heterocycles. The summed E-state index contributed by atoms with van der Waals surface area (Å²) >= 11 is 1.35. The van der Waals surface area contributed by atoms with Crippen LogP contribution in [0.2, 0.25) is 0 Å². The van der Waals surface area contributed by atoms with Crippen molar-refractivity contribution in [1.29, 1.82) is 0 Å². The molecule has 0 radical (unpaired) electrons. The summed E-state index contributed by atoms with van der Waals surface area (Å²) in [5.41, 5.74) is 5.69. The Balaban J connectivity index is 0.00000625. The van der Waals surface area contributed by atoms with Crippen molar-refractivity contribution in [3.05, 3.63) is 22.4 Å². The number of thiophene rings is 1. The van der Waals surface area contributed by atoms with Crippen LogP contribution in [-0.2, 0) is 14.4 Å². The fraction of sp³-hybridized carbons (Fsp3) is 0.562. The normalized spacial score (nSPS) is 13.7. The minimum Gasteiger partial charge on any atom is -0.382 e. The molecule has 0 aliphatic heterocycles. The Morgan fingerprint density at radius 1 is 1.35 bits per heavy atom. The van der Waals surface area contributed by atoms with Crippen LogP contribution < -0.4 is 16.4 Å². The van der Waals surface area contributed by atoms with Crippen LogP contribution in [-0.4, -0.2) is 60.5 Å². The van der Waals surface area contributed by atoms with E-state index in [9.17, 15) is 19.5 Å². The van der Waals surface area contributed by atoms with Gasteiger partial charge in [0.05, 0.1) is 6.54 Å². The summed E-state index contributed by atoms with van der Waals surface area (Å²) in [6.07, 6.45) is -0.135. The number of hydrogen-bond donors (Lipinski definition) is 4. The lowest BCUT2D eigenvalue weighted by molar-refractivity contribution is -0.135. The van der Waals surface area contributed by atoms with Gasteiger partial charge in [-0.1, -0.05) is 19.4 Å². The quantitative estimate of drug-likeness (QED) is 0.460. The molecule has 8 nitrogen and oxygen atoms in total. The number of carbonyl (C=O) groups is 3. The Morgan fingerprint density at radius 3 is 2.50 bits per heavy atom. The van der Waals surface area contributed by atoms with E-state index in [1.54, 1.807) is 26.2 Å². The predicted molar refractivity (Wildman–Crippen MR) is 103 cm³/mol. The molecule has 1 heterocycles. The van der Waals surface area contributed by atoms with Crippen LogP contribution >= 0.6 is 23.7 Å². The zero-order valence-electron chi connectivity index (χ0n) is 15.1. The number of aliphatic hydroxyl groups excluding tert-OH is 1. The van der Waals surface area contributed by atoms with Crippen molar-refractivity contribution in [3.8, 4) is 0 Å². The van der Waals surface area contributed by atoms with Crippen molar-refractivity contribution >= 4 is 41.5 Å². The molecule has 3 amide bonds. The van der Waals surface area contributed by atoms with Crippen LogP contribution in [0.1, 0.15) is 30.7 Å². The molecule has 3 atom stereocenters. The monoisotopic (exact) mass is 406 g/mol. The third-order valence-electron chi connectivity index (χ3n) is 3.54. The Morgan fingerprint density at radius 2 is 2.00 bits per heavy atom. The Bertz CT molecular complexity index is 583. The van der Waals surface area contributed by atoms with Gasteiger partial charge in [-0.3, -0.25) is 14.4 Å². The molecule has 0 spiro atoms. The molecule has 0 saturated carbocycles. The van der Waals surface area contributed by atoms with E-state index in [2.05, 4.69) is 10.6 Å². The van der Waals surface area contributed by atoms with Crippen molar-refractivity contribution < 1.29 is 19.5 Å². The highest BCUT2D eigenvalue weighted by Gasteiger charge is 2.26. The van der Waals surface area contributed by atoms with E-state index in [0.717, 1.165) is 6.42 Å². The molecule has 0 aromatic carbocycles. The molecule has 1 unspecified atom stereocenters. The highest BCUT2D eigenvalue weighted by Crippen LogP contribution is 2.20. The zero-order chi connectivity index (χ0) is 19.0. The van der Waals surface area contributed by atoms with Crippen LogP contribution in [0.15, 0.2) is 17.5 Å². The van der Waals surface area contributed by atoms with E-state index in [0.29, 0.717) is 11.3 Å². The SMILES string of the molecule is CCC[C@H](N)C(O)C(=O)NCC(=O)N[C@H](C(=O)N(C)C)c1cccs1.Cl. The van der Waals surface area contributed by atoms with Gasteiger partial charge in [-0.15, -0.1) is 23.7 Å². The smallest absolute Gasteiger partial charge is 0.250 e. The molecule has 26 heavy (non-hydrogen) atoms. The summed E-state index contributed by atoms with van der Waals surface area (Å²) in [6.45, 7) is 1.54. The number of halogens is 1. The summed E-state index contributed by atoms with van der Waals surface area (Å²) in [7, 11) is 3.20. The van der Waals surface area contributed by atoms with Crippen molar-refractivity contribution in [3.63, 3.8) is 0 Å². The lowest BCUT2D eigenvalue weighted by atomic mass is 10.1. The molecule has 0 fully saturated rings. The van der Waals surface area contributed by atoms with Gasteiger partial charge in [-0.25, -0.2) is 0 Å². The minimum atomic E-state index is -1.37. The van der Waals surface area contributed by atoms with Gasteiger partial charge < -0.3 is 26.4 Å². The summed E-state index contributed by atoms with van der Waals surface area (Å²) in [6, 6.07) is 2.05. The second-order valence-corrected chi connectivity index (χ2v) is 6.84. The topological polar surface area (TPSA) is 125 Å². The maximum absolute atomic E-state index is 12.3. The molecule has 10 heteroatoms. The fourth-order valence-corrected chi connectivity index (χ4v) is 2.91. The average molecular weight is 407 g/mol. The van der Waals surface area contributed by atoms with E-state index in [1.807, 2.05) is 12.3 Å². The first-order valence-electron chi connectivity index (χ1n) is 8.03. The summed E-state index contributed by atoms with van der Waals surface area (Å²) in [5.74, 6) is -1.51. The van der Waals surface area contributed by atoms with Crippen molar-refractivity contribution in [1.82, 2.24) is 15.5 Å². The van der Waals surface area contributed by atoms with E-state index in [4.69, 9.17) is 5.73 Å². The third kappa shape index (κ3) is 7.28. The number of carbonyl (C=O) groups excluding carboxylic acids is 3. The molecule has 0 bridgehead atoms. The van der Waals surface area contributed by atoms with Gasteiger partial charge in [0.25, 0.3) is 5.91 Å². The van der Waals surface area contributed by atoms with E-state index in [-0.39, 0.29) is 24.9 Å². The number of likely N-dealkylation sites (N-methyl/N-ethyl adjacent to an activating group) is 1. The predicted octanol–water partition coefficient (Wildman–Crippen LogP) is 0.0199. The molecule has 0 aliphatic rings. The molecule has 5 N–H and O–H groups in total. The fourth-order valence-electron chi connectivity index (χ4n) is 2.14. The highest BCUT2D eigenvalue weighted by atomic mass is 35.5. The van der Waals surface area contributed by atoms with Gasteiger partial charge in [0.1, 0.15) is 12.1 Å². The molecular formula is C16H27ClN4O4S.